The molecule has 0 radical (unpaired) electrons. The molecule has 3 aromatic carbocycles. The molecule has 31 heavy (non-hydrogen) atoms. The van der Waals surface area contributed by atoms with Gasteiger partial charge in [-0.3, -0.25) is 9.59 Å². The van der Waals surface area contributed by atoms with Gasteiger partial charge in [-0.05, 0) is 71.9 Å². The van der Waals surface area contributed by atoms with Gasteiger partial charge in [0, 0.05) is 0 Å². The van der Waals surface area contributed by atoms with E-state index in [1.165, 1.54) is 0 Å². The minimum absolute atomic E-state index is 0.147. The van der Waals surface area contributed by atoms with Crippen LogP contribution in [-0.4, -0.2) is 11.6 Å². The summed E-state index contributed by atoms with van der Waals surface area (Å²) in [5.74, 6) is -0.111. The fraction of sp³-hybridized carbons (Fsp3) is 0.310. The van der Waals surface area contributed by atoms with Gasteiger partial charge in [-0.25, -0.2) is 0 Å². The Bertz CT molecular complexity index is 1160. The third-order valence-electron chi connectivity index (χ3n) is 8.47. The third-order valence-corrected chi connectivity index (χ3v) is 8.47. The van der Waals surface area contributed by atoms with Gasteiger partial charge in [0.1, 0.15) is 0 Å². The maximum Gasteiger partial charge on any atom is 0.214 e. The molecule has 2 nitrogen and oxygen atoms in total. The van der Waals surface area contributed by atoms with Gasteiger partial charge in [-0.15, -0.1) is 0 Å². The van der Waals surface area contributed by atoms with E-state index in [-0.39, 0.29) is 23.4 Å². The van der Waals surface area contributed by atoms with E-state index in [2.05, 4.69) is 50.2 Å². The van der Waals surface area contributed by atoms with Crippen molar-refractivity contribution < 1.29 is 9.59 Å². The molecular weight excluding hydrogens is 380 g/mol. The predicted molar refractivity (Wildman–Crippen MR) is 121 cm³/mol. The smallest absolute Gasteiger partial charge is 0.214 e. The van der Waals surface area contributed by atoms with Crippen molar-refractivity contribution in [3.63, 3.8) is 0 Å². The SMILES string of the molecule is Cc1ccccc1[C@@]12C(=O)C(=O)[C@@](c3ccccc3C)(c3ccccc31)[C@H]1CCC[C@H]12. The summed E-state index contributed by atoms with van der Waals surface area (Å²) >= 11 is 0. The first kappa shape index (κ1) is 18.7. The Hall–Kier alpha value is -3.00. The summed E-state index contributed by atoms with van der Waals surface area (Å²) in [4.78, 5) is 28.6. The van der Waals surface area contributed by atoms with Crippen LogP contribution in [0, 0.1) is 25.7 Å². The van der Waals surface area contributed by atoms with Gasteiger partial charge in [-0.1, -0.05) is 79.2 Å². The normalized spacial score (nSPS) is 30.9. The Morgan fingerprint density at radius 1 is 0.581 bits per heavy atom. The Kier molecular flexibility index (Phi) is 3.78. The average Bonchev–Trinajstić information content (AvgIpc) is 3.29. The van der Waals surface area contributed by atoms with E-state index < -0.39 is 10.8 Å². The molecule has 2 fully saturated rings. The quantitative estimate of drug-likeness (QED) is 0.530. The molecule has 4 aliphatic rings. The number of hydrogen-bond donors (Lipinski definition) is 0. The van der Waals surface area contributed by atoms with Crippen LogP contribution in [0.3, 0.4) is 0 Å². The molecule has 0 amide bonds. The summed E-state index contributed by atoms with van der Waals surface area (Å²) in [6.07, 6.45) is 3.03. The van der Waals surface area contributed by atoms with Crippen molar-refractivity contribution in [3.05, 3.63) is 106 Å². The van der Waals surface area contributed by atoms with E-state index in [9.17, 15) is 9.59 Å². The fourth-order valence-electron chi connectivity index (χ4n) is 7.47. The Balaban J connectivity index is 1.80. The van der Waals surface area contributed by atoms with E-state index in [4.69, 9.17) is 0 Å². The van der Waals surface area contributed by atoms with Crippen molar-refractivity contribution in [3.8, 4) is 0 Å². The Morgan fingerprint density at radius 2 is 0.935 bits per heavy atom. The van der Waals surface area contributed by atoms with Crippen molar-refractivity contribution in [1.82, 2.24) is 0 Å². The lowest BCUT2D eigenvalue weighted by Gasteiger charge is -2.59. The second-order valence-corrected chi connectivity index (χ2v) is 9.59. The number of aryl methyl sites for hydroxylation is 2. The molecule has 0 heterocycles. The molecule has 0 spiro atoms. The summed E-state index contributed by atoms with van der Waals surface area (Å²) in [7, 11) is 0. The van der Waals surface area contributed by atoms with Crippen LogP contribution in [0.4, 0.5) is 0 Å². The van der Waals surface area contributed by atoms with Gasteiger partial charge >= 0.3 is 0 Å². The number of carbonyl (C=O) groups is 2. The molecule has 7 rings (SSSR count). The number of ketones is 2. The van der Waals surface area contributed by atoms with Crippen LogP contribution in [0.1, 0.15) is 52.6 Å². The van der Waals surface area contributed by atoms with Crippen LogP contribution in [-0.2, 0) is 20.4 Å². The molecule has 0 saturated heterocycles. The monoisotopic (exact) mass is 406 g/mol. The highest BCUT2D eigenvalue weighted by molar-refractivity contribution is 6.47. The molecular formula is C29H26O2. The summed E-state index contributed by atoms with van der Waals surface area (Å²) in [5.41, 5.74) is 4.63. The number of benzene rings is 3. The number of rotatable bonds is 2. The van der Waals surface area contributed by atoms with Gasteiger partial charge in [0.05, 0.1) is 10.8 Å². The van der Waals surface area contributed by atoms with E-state index >= 15 is 0 Å². The zero-order valence-electron chi connectivity index (χ0n) is 18.0. The number of Topliss-reactive ketones (excluding diaryl/α,β-unsaturated/α-hetero) is 2. The fourth-order valence-corrected chi connectivity index (χ4v) is 7.47. The zero-order chi connectivity index (χ0) is 21.4. The summed E-state index contributed by atoms with van der Waals surface area (Å²) < 4.78 is 0. The van der Waals surface area contributed by atoms with Crippen LogP contribution in [0.15, 0.2) is 72.8 Å². The van der Waals surface area contributed by atoms with Gasteiger partial charge in [-0.2, -0.15) is 0 Å². The van der Waals surface area contributed by atoms with Crippen molar-refractivity contribution in [2.45, 2.75) is 43.9 Å². The first-order valence-corrected chi connectivity index (χ1v) is 11.4. The molecule has 4 aliphatic carbocycles. The highest BCUT2D eigenvalue weighted by Gasteiger charge is 2.73. The summed E-state index contributed by atoms with van der Waals surface area (Å²) in [5, 5.41) is 0. The molecule has 4 atom stereocenters. The Morgan fingerprint density at radius 3 is 1.32 bits per heavy atom. The van der Waals surface area contributed by atoms with Gasteiger partial charge in [0.15, 0.2) is 0 Å². The van der Waals surface area contributed by atoms with Crippen LogP contribution in [0.2, 0.25) is 0 Å². The van der Waals surface area contributed by atoms with Gasteiger partial charge < -0.3 is 0 Å². The van der Waals surface area contributed by atoms with Crippen molar-refractivity contribution in [2.75, 3.05) is 0 Å². The minimum Gasteiger partial charge on any atom is -0.289 e. The molecule has 0 aliphatic heterocycles. The van der Waals surface area contributed by atoms with Crippen molar-refractivity contribution in [1.29, 1.82) is 0 Å². The van der Waals surface area contributed by atoms with Crippen molar-refractivity contribution in [2.24, 2.45) is 11.8 Å². The van der Waals surface area contributed by atoms with Crippen LogP contribution >= 0.6 is 0 Å². The molecule has 3 aromatic rings. The minimum atomic E-state index is -0.857. The maximum atomic E-state index is 14.3. The first-order chi connectivity index (χ1) is 15.1. The van der Waals surface area contributed by atoms with E-state index in [0.29, 0.717) is 0 Å². The second-order valence-electron chi connectivity index (χ2n) is 9.59. The standard InChI is InChI=1S/C29H26O2/c1-18-10-3-5-12-20(18)28-22-14-7-8-15-23(22)29(27(31)26(28)30,25-17-9-16-24(25)28)21-13-6-4-11-19(21)2/h3-8,10-15,24-25H,9,16-17H2,1-2H3/t24-,25+,28-,29+. The lowest BCUT2D eigenvalue weighted by Crippen LogP contribution is -2.69. The molecule has 0 unspecified atom stereocenters. The lowest BCUT2D eigenvalue weighted by molar-refractivity contribution is -0.151. The maximum absolute atomic E-state index is 14.3. The summed E-state index contributed by atoms with van der Waals surface area (Å²) in [6.45, 7) is 4.15. The topological polar surface area (TPSA) is 34.1 Å². The number of fused-ring (bicyclic) bond motifs is 1. The van der Waals surface area contributed by atoms with Crippen LogP contribution < -0.4 is 0 Å². The largest absolute Gasteiger partial charge is 0.289 e. The number of hydrogen-bond acceptors (Lipinski definition) is 2. The van der Waals surface area contributed by atoms with E-state index in [1.807, 2.05) is 36.4 Å². The zero-order valence-corrected chi connectivity index (χ0v) is 18.0. The van der Waals surface area contributed by atoms with Gasteiger partial charge in [0.2, 0.25) is 11.6 Å². The number of carbonyl (C=O) groups excluding carboxylic acids is 2. The van der Waals surface area contributed by atoms with Crippen LogP contribution in [0.5, 0.6) is 0 Å². The van der Waals surface area contributed by atoms with Crippen molar-refractivity contribution >= 4 is 11.6 Å². The molecule has 2 heteroatoms. The first-order valence-electron chi connectivity index (χ1n) is 11.4. The molecule has 2 saturated carbocycles. The third kappa shape index (κ3) is 1.99. The Labute approximate surface area is 183 Å². The lowest BCUT2D eigenvalue weighted by atomic mass is 9.39. The highest BCUT2D eigenvalue weighted by atomic mass is 16.2. The molecule has 154 valence electrons. The predicted octanol–water partition coefficient (Wildman–Crippen LogP) is 5.46. The molecule has 0 N–H and O–H groups in total. The average molecular weight is 407 g/mol. The highest BCUT2D eigenvalue weighted by Crippen LogP contribution is 2.68. The van der Waals surface area contributed by atoms with E-state index in [0.717, 1.165) is 52.6 Å². The van der Waals surface area contributed by atoms with Crippen LogP contribution in [0.25, 0.3) is 0 Å². The summed E-state index contributed by atoms with van der Waals surface area (Å²) in [6, 6.07) is 24.7. The molecule has 0 aromatic heterocycles. The second kappa shape index (κ2) is 6.26. The van der Waals surface area contributed by atoms with Gasteiger partial charge in [0.25, 0.3) is 0 Å². The van der Waals surface area contributed by atoms with E-state index in [1.54, 1.807) is 0 Å². The molecule has 2 bridgehead atoms.